The van der Waals surface area contributed by atoms with Crippen molar-refractivity contribution < 1.29 is 22.7 Å². The Morgan fingerprint density at radius 3 is 2.76 bits per heavy atom. The molecule has 3 heterocycles. The van der Waals surface area contributed by atoms with E-state index < -0.39 is 17.8 Å². The van der Waals surface area contributed by atoms with E-state index in [9.17, 15) is 18.0 Å². The van der Waals surface area contributed by atoms with Gasteiger partial charge < -0.3 is 15.4 Å². The summed E-state index contributed by atoms with van der Waals surface area (Å²) in [7, 11) is 0. The molecule has 0 aromatic carbocycles. The van der Waals surface area contributed by atoms with Crippen LogP contribution >= 0.6 is 0 Å². The third-order valence-electron chi connectivity index (χ3n) is 3.61. The van der Waals surface area contributed by atoms with Gasteiger partial charge in [-0.1, -0.05) is 0 Å². The predicted octanol–water partition coefficient (Wildman–Crippen LogP) is 2.41. The van der Waals surface area contributed by atoms with Gasteiger partial charge in [-0.25, -0.2) is 0 Å². The monoisotopic (exact) mass is 352 g/mol. The minimum absolute atomic E-state index is 0.133. The number of nitrogens with one attached hydrogen (secondary N) is 2. The van der Waals surface area contributed by atoms with Gasteiger partial charge in [-0.3, -0.25) is 14.8 Å². The van der Waals surface area contributed by atoms with Crippen molar-refractivity contribution in [3.05, 3.63) is 53.6 Å². The number of rotatable bonds is 3. The van der Waals surface area contributed by atoms with E-state index in [1.165, 1.54) is 12.3 Å². The molecular formula is C16H15F3N4O2. The van der Waals surface area contributed by atoms with E-state index in [4.69, 9.17) is 4.74 Å². The van der Waals surface area contributed by atoms with Crippen molar-refractivity contribution in [3.8, 4) is 0 Å². The molecule has 2 aromatic heterocycles. The zero-order valence-electron chi connectivity index (χ0n) is 13.0. The minimum atomic E-state index is -4.60. The number of carbonyl (C=O) groups excluding carboxylic acids is 1. The number of alkyl halides is 3. The third-order valence-corrected chi connectivity index (χ3v) is 3.61. The maximum absolute atomic E-state index is 12.7. The number of pyridine rings is 2. The second kappa shape index (κ2) is 7.16. The van der Waals surface area contributed by atoms with Crippen molar-refractivity contribution in [2.45, 2.75) is 12.3 Å². The summed E-state index contributed by atoms with van der Waals surface area (Å²) in [6.45, 7) is 2.03. The molecule has 0 saturated carbocycles. The molecule has 2 aromatic rings. The van der Waals surface area contributed by atoms with Crippen LogP contribution in [0.1, 0.15) is 27.8 Å². The first-order valence-corrected chi connectivity index (χ1v) is 7.56. The highest BCUT2D eigenvalue weighted by atomic mass is 19.4. The highest BCUT2D eigenvalue weighted by molar-refractivity contribution is 6.04. The lowest BCUT2D eigenvalue weighted by Crippen LogP contribution is -2.33. The van der Waals surface area contributed by atoms with Crippen molar-refractivity contribution in [1.29, 1.82) is 0 Å². The van der Waals surface area contributed by atoms with E-state index in [2.05, 4.69) is 20.6 Å². The number of aromatic nitrogens is 2. The summed E-state index contributed by atoms with van der Waals surface area (Å²) < 4.78 is 43.5. The standard InChI is InChI=1S/C16H15F3N4O2/c17-16(18,19)14-7-10(3-4-21-14)15(24)23-11-1-2-12(22-8-11)13-9-20-5-6-25-13/h1-4,7-8,13,20H,5-6,9H2,(H,23,24)/t13-/m0/s1. The molecule has 1 saturated heterocycles. The Balaban J connectivity index is 1.68. The first-order valence-electron chi connectivity index (χ1n) is 7.56. The molecule has 3 rings (SSSR count). The van der Waals surface area contributed by atoms with Crippen molar-refractivity contribution in [2.24, 2.45) is 0 Å². The SMILES string of the molecule is O=C(Nc1ccc([C@@H]2CNCCO2)nc1)c1ccnc(C(F)(F)F)c1. The van der Waals surface area contributed by atoms with Crippen LogP contribution in [0.3, 0.4) is 0 Å². The van der Waals surface area contributed by atoms with Crippen LogP contribution in [-0.2, 0) is 10.9 Å². The molecule has 0 unspecified atom stereocenters. The van der Waals surface area contributed by atoms with Gasteiger partial charge in [0.1, 0.15) is 11.8 Å². The predicted molar refractivity (Wildman–Crippen MR) is 83.0 cm³/mol. The Kier molecular flexibility index (Phi) is 4.95. The summed E-state index contributed by atoms with van der Waals surface area (Å²) in [5, 5.41) is 5.70. The first-order chi connectivity index (χ1) is 11.9. The normalized spacial score (nSPS) is 18.0. The fourth-order valence-corrected chi connectivity index (χ4v) is 2.36. The molecule has 1 fully saturated rings. The van der Waals surface area contributed by atoms with Gasteiger partial charge in [0.15, 0.2) is 0 Å². The maximum atomic E-state index is 12.7. The number of morpholine rings is 1. The maximum Gasteiger partial charge on any atom is 0.433 e. The van der Waals surface area contributed by atoms with E-state index in [0.717, 1.165) is 12.7 Å². The number of anilines is 1. The molecule has 2 N–H and O–H groups in total. The number of carbonyl (C=O) groups is 1. The van der Waals surface area contributed by atoms with Crippen LogP contribution < -0.4 is 10.6 Å². The molecule has 9 heteroatoms. The molecular weight excluding hydrogens is 337 g/mol. The van der Waals surface area contributed by atoms with Gasteiger partial charge >= 0.3 is 6.18 Å². The van der Waals surface area contributed by atoms with Gasteiger partial charge in [0.25, 0.3) is 5.91 Å². The molecule has 0 aliphatic carbocycles. The molecule has 1 aliphatic heterocycles. The number of halogens is 3. The average molecular weight is 352 g/mol. The molecule has 1 amide bonds. The van der Waals surface area contributed by atoms with E-state index in [0.29, 0.717) is 30.6 Å². The van der Waals surface area contributed by atoms with E-state index in [-0.39, 0.29) is 11.7 Å². The average Bonchev–Trinajstić information content (AvgIpc) is 2.62. The molecule has 6 nitrogen and oxygen atoms in total. The van der Waals surface area contributed by atoms with E-state index >= 15 is 0 Å². The first kappa shape index (κ1) is 17.3. The highest BCUT2D eigenvalue weighted by Gasteiger charge is 2.33. The molecule has 0 radical (unpaired) electrons. The second-order valence-corrected chi connectivity index (χ2v) is 5.42. The number of hydrogen-bond acceptors (Lipinski definition) is 5. The minimum Gasteiger partial charge on any atom is -0.369 e. The summed E-state index contributed by atoms with van der Waals surface area (Å²) >= 11 is 0. The summed E-state index contributed by atoms with van der Waals surface area (Å²) in [5.41, 5.74) is -0.154. The summed E-state index contributed by atoms with van der Waals surface area (Å²) in [6.07, 6.45) is -2.37. The molecule has 1 aliphatic rings. The quantitative estimate of drug-likeness (QED) is 0.887. The van der Waals surface area contributed by atoms with Gasteiger partial charge in [0, 0.05) is 24.8 Å². The molecule has 1 atom stereocenters. The fourth-order valence-electron chi connectivity index (χ4n) is 2.36. The van der Waals surface area contributed by atoms with Crippen LogP contribution in [0, 0.1) is 0 Å². The summed E-state index contributed by atoms with van der Waals surface area (Å²) in [5.74, 6) is -0.668. The third kappa shape index (κ3) is 4.31. The fraction of sp³-hybridized carbons (Fsp3) is 0.312. The number of nitrogens with zero attached hydrogens (tertiary/aromatic N) is 2. The lowest BCUT2D eigenvalue weighted by molar-refractivity contribution is -0.141. The van der Waals surface area contributed by atoms with Crippen molar-refractivity contribution in [1.82, 2.24) is 15.3 Å². The van der Waals surface area contributed by atoms with Gasteiger partial charge in [-0.2, -0.15) is 13.2 Å². The zero-order valence-corrected chi connectivity index (χ0v) is 13.0. The summed E-state index contributed by atoms with van der Waals surface area (Å²) in [4.78, 5) is 19.6. The van der Waals surface area contributed by atoms with E-state index in [1.807, 2.05) is 0 Å². The highest BCUT2D eigenvalue weighted by Crippen LogP contribution is 2.28. The van der Waals surface area contributed by atoms with Gasteiger partial charge in [0.05, 0.1) is 24.2 Å². The number of ether oxygens (including phenoxy) is 1. The van der Waals surface area contributed by atoms with Crippen LogP contribution in [-0.4, -0.2) is 35.6 Å². The topological polar surface area (TPSA) is 76.1 Å². The zero-order chi connectivity index (χ0) is 17.9. The second-order valence-electron chi connectivity index (χ2n) is 5.42. The molecule has 132 valence electrons. The molecule has 25 heavy (non-hydrogen) atoms. The Morgan fingerprint density at radius 2 is 2.12 bits per heavy atom. The number of hydrogen-bond donors (Lipinski definition) is 2. The Bertz CT molecular complexity index is 744. The van der Waals surface area contributed by atoms with Crippen LogP contribution in [0.2, 0.25) is 0 Å². The van der Waals surface area contributed by atoms with Crippen LogP contribution in [0.4, 0.5) is 18.9 Å². The van der Waals surface area contributed by atoms with E-state index in [1.54, 1.807) is 12.1 Å². The lowest BCUT2D eigenvalue weighted by atomic mass is 10.2. The largest absolute Gasteiger partial charge is 0.433 e. The van der Waals surface area contributed by atoms with Gasteiger partial charge in [0.2, 0.25) is 0 Å². The Morgan fingerprint density at radius 1 is 1.28 bits per heavy atom. The Hall–Kier alpha value is -2.52. The molecule has 0 bridgehead atoms. The summed E-state index contributed by atoms with van der Waals surface area (Å²) in [6, 6.07) is 5.26. The molecule has 0 spiro atoms. The Labute approximate surface area is 141 Å². The van der Waals surface area contributed by atoms with Crippen molar-refractivity contribution >= 4 is 11.6 Å². The van der Waals surface area contributed by atoms with Gasteiger partial charge in [-0.15, -0.1) is 0 Å². The number of amides is 1. The van der Waals surface area contributed by atoms with Crippen molar-refractivity contribution in [2.75, 3.05) is 25.0 Å². The van der Waals surface area contributed by atoms with Crippen molar-refractivity contribution in [3.63, 3.8) is 0 Å². The van der Waals surface area contributed by atoms with Crippen LogP contribution in [0.5, 0.6) is 0 Å². The van der Waals surface area contributed by atoms with Gasteiger partial charge in [-0.05, 0) is 24.3 Å². The lowest BCUT2D eigenvalue weighted by Gasteiger charge is -2.23. The van der Waals surface area contributed by atoms with Crippen LogP contribution in [0.25, 0.3) is 0 Å². The van der Waals surface area contributed by atoms with Crippen LogP contribution in [0.15, 0.2) is 36.7 Å². The smallest absolute Gasteiger partial charge is 0.369 e.